The van der Waals surface area contributed by atoms with Gasteiger partial charge in [0.2, 0.25) is 0 Å². The fourth-order valence-corrected chi connectivity index (χ4v) is 2.31. The van der Waals surface area contributed by atoms with Gasteiger partial charge in [-0.25, -0.2) is 0 Å². The van der Waals surface area contributed by atoms with Gasteiger partial charge in [-0.15, -0.1) is 0 Å². The average molecular weight is 277 g/mol. The van der Waals surface area contributed by atoms with Gasteiger partial charge in [0, 0.05) is 10.6 Å². The Labute approximate surface area is 118 Å². The zero-order valence-electron chi connectivity index (χ0n) is 11.3. The molecule has 0 fully saturated rings. The van der Waals surface area contributed by atoms with E-state index in [2.05, 4.69) is 0 Å². The summed E-state index contributed by atoms with van der Waals surface area (Å²) in [5.74, 6) is 0.598. The molecule has 0 bridgehead atoms. The third-order valence-electron chi connectivity index (χ3n) is 3.43. The van der Waals surface area contributed by atoms with E-state index in [0.29, 0.717) is 10.8 Å². The Hall–Kier alpha value is -1.51. The van der Waals surface area contributed by atoms with Crippen molar-refractivity contribution in [2.45, 2.75) is 20.0 Å². The van der Waals surface area contributed by atoms with Crippen molar-refractivity contribution >= 4 is 11.6 Å². The normalized spacial score (nSPS) is 12.3. The second-order valence-electron chi connectivity index (χ2n) is 4.58. The molecule has 0 aliphatic heterocycles. The van der Waals surface area contributed by atoms with Crippen LogP contribution in [0.3, 0.4) is 0 Å². The number of methoxy groups -OCH3 is 1. The van der Waals surface area contributed by atoms with Crippen molar-refractivity contribution in [3.8, 4) is 5.75 Å². The number of aliphatic hydroxyl groups is 1. The van der Waals surface area contributed by atoms with E-state index < -0.39 is 6.10 Å². The zero-order valence-corrected chi connectivity index (χ0v) is 12.0. The molecule has 0 aliphatic carbocycles. The van der Waals surface area contributed by atoms with Gasteiger partial charge in [-0.1, -0.05) is 35.9 Å². The number of hydrogen-bond donors (Lipinski definition) is 1. The van der Waals surface area contributed by atoms with Crippen molar-refractivity contribution in [3.05, 3.63) is 63.7 Å². The first-order valence-corrected chi connectivity index (χ1v) is 6.50. The van der Waals surface area contributed by atoms with E-state index in [1.165, 1.54) is 0 Å². The third kappa shape index (κ3) is 2.75. The van der Waals surface area contributed by atoms with Crippen molar-refractivity contribution in [1.82, 2.24) is 0 Å². The molecule has 0 radical (unpaired) electrons. The van der Waals surface area contributed by atoms with E-state index in [9.17, 15) is 5.11 Å². The maximum absolute atomic E-state index is 10.6. The molecular weight excluding hydrogens is 260 g/mol. The molecule has 0 saturated heterocycles. The Morgan fingerprint density at radius 1 is 1.11 bits per heavy atom. The predicted octanol–water partition coefficient (Wildman–Crippen LogP) is 4.05. The molecule has 100 valence electrons. The number of halogens is 1. The lowest BCUT2D eigenvalue weighted by Gasteiger charge is -2.18. The van der Waals surface area contributed by atoms with E-state index in [4.69, 9.17) is 16.3 Å². The molecule has 0 amide bonds. The standard InChI is InChI=1S/C16H17ClO2/c1-10-5-4-6-13(11(10)2)16(18)14-8-7-12(17)9-15(14)19-3/h4-9,16,18H,1-3H3. The molecule has 3 heteroatoms. The van der Waals surface area contributed by atoms with Gasteiger partial charge in [-0.2, -0.15) is 0 Å². The minimum Gasteiger partial charge on any atom is -0.496 e. The monoisotopic (exact) mass is 276 g/mol. The van der Waals surface area contributed by atoms with Gasteiger partial charge in [-0.3, -0.25) is 0 Å². The van der Waals surface area contributed by atoms with Crippen LogP contribution in [0.25, 0.3) is 0 Å². The summed E-state index contributed by atoms with van der Waals surface area (Å²) in [6.45, 7) is 4.04. The number of benzene rings is 2. The largest absolute Gasteiger partial charge is 0.496 e. The molecule has 19 heavy (non-hydrogen) atoms. The quantitative estimate of drug-likeness (QED) is 0.916. The van der Waals surface area contributed by atoms with Crippen LogP contribution in [-0.4, -0.2) is 12.2 Å². The first-order valence-electron chi connectivity index (χ1n) is 6.12. The molecule has 2 aromatic rings. The molecule has 1 atom stereocenters. The highest BCUT2D eigenvalue weighted by atomic mass is 35.5. The summed E-state index contributed by atoms with van der Waals surface area (Å²) in [4.78, 5) is 0. The summed E-state index contributed by atoms with van der Waals surface area (Å²) in [7, 11) is 1.57. The lowest BCUT2D eigenvalue weighted by atomic mass is 9.94. The average Bonchev–Trinajstić information content (AvgIpc) is 2.41. The maximum atomic E-state index is 10.6. The highest BCUT2D eigenvalue weighted by Crippen LogP contribution is 2.33. The minimum absolute atomic E-state index is 0.591. The second kappa shape index (κ2) is 5.64. The SMILES string of the molecule is COc1cc(Cl)ccc1C(O)c1cccc(C)c1C. The molecule has 0 aliphatic rings. The van der Waals surface area contributed by atoms with Gasteiger partial charge in [0.1, 0.15) is 11.9 Å². The molecule has 2 nitrogen and oxygen atoms in total. The van der Waals surface area contributed by atoms with Crippen LogP contribution in [0, 0.1) is 13.8 Å². The van der Waals surface area contributed by atoms with Crippen molar-refractivity contribution in [2.75, 3.05) is 7.11 Å². The van der Waals surface area contributed by atoms with Crippen LogP contribution in [-0.2, 0) is 0 Å². The number of aliphatic hydroxyl groups excluding tert-OH is 1. The third-order valence-corrected chi connectivity index (χ3v) is 3.67. The zero-order chi connectivity index (χ0) is 14.0. The van der Waals surface area contributed by atoms with Gasteiger partial charge in [0.25, 0.3) is 0 Å². The van der Waals surface area contributed by atoms with E-state index in [0.717, 1.165) is 22.3 Å². The van der Waals surface area contributed by atoms with Crippen LogP contribution in [0.5, 0.6) is 5.75 Å². The number of rotatable bonds is 3. The van der Waals surface area contributed by atoms with Gasteiger partial charge in [0.15, 0.2) is 0 Å². The van der Waals surface area contributed by atoms with E-state index in [1.807, 2.05) is 32.0 Å². The van der Waals surface area contributed by atoms with E-state index in [-0.39, 0.29) is 0 Å². The van der Waals surface area contributed by atoms with E-state index in [1.54, 1.807) is 25.3 Å². The summed E-state index contributed by atoms with van der Waals surface area (Å²) in [6, 6.07) is 11.2. The molecule has 1 N–H and O–H groups in total. The van der Waals surface area contributed by atoms with Gasteiger partial charge in [-0.05, 0) is 42.7 Å². The molecule has 2 rings (SSSR count). The van der Waals surface area contributed by atoms with Crippen LogP contribution in [0.2, 0.25) is 5.02 Å². The summed E-state index contributed by atoms with van der Waals surface area (Å²) in [5.41, 5.74) is 3.86. The Balaban J connectivity index is 2.49. The van der Waals surface area contributed by atoms with Crippen LogP contribution < -0.4 is 4.74 Å². The molecule has 2 aromatic carbocycles. The topological polar surface area (TPSA) is 29.5 Å². The lowest BCUT2D eigenvalue weighted by molar-refractivity contribution is 0.214. The first-order chi connectivity index (χ1) is 9.04. The Morgan fingerprint density at radius 2 is 1.84 bits per heavy atom. The summed E-state index contributed by atoms with van der Waals surface area (Å²) >= 11 is 5.94. The van der Waals surface area contributed by atoms with Gasteiger partial charge >= 0.3 is 0 Å². The van der Waals surface area contributed by atoms with Crippen molar-refractivity contribution in [2.24, 2.45) is 0 Å². The molecule has 0 saturated carbocycles. The van der Waals surface area contributed by atoms with Crippen molar-refractivity contribution < 1.29 is 9.84 Å². The fraction of sp³-hybridized carbons (Fsp3) is 0.250. The first kappa shape index (κ1) is 13.9. The Kier molecular flexibility index (Phi) is 4.13. The molecule has 1 unspecified atom stereocenters. The minimum atomic E-state index is -0.716. The molecule has 0 spiro atoms. The second-order valence-corrected chi connectivity index (χ2v) is 5.01. The summed E-state index contributed by atoms with van der Waals surface area (Å²) in [5, 5.41) is 11.2. The van der Waals surface area contributed by atoms with Gasteiger partial charge in [0.05, 0.1) is 7.11 Å². The van der Waals surface area contributed by atoms with Crippen LogP contribution in [0.4, 0.5) is 0 Å². The Morgan fingerprint density at radius 3 is 2.53 bits per heavy atom. The fourth-order valence-electron chi connectivity index (χ4n) is 2.15. The van der Waals surface area contributed by atoms with Crippen LogP contribution in [0.1, 0.15) is 28.4 Å². The Bertz CT molecular complexity index is 593. The van der Waals surface area contributed by atoms with Crippen LogP contribution >= 0.6 is 11.6 Å². The summed E-state index contributed by atoms with van der Waals surface area (Å²) in [6.07, 6.45) is -0.716. The van der Waals surface area contributed by atoms with Crippen molar-refractivity contribution in [1.29, 1.82) is 0 Å². The number of aryl methyl sites for hydroxylation is 1. The number of hydrogen-bond acceptors (Lipinski definition) is 2. The van der Waals surface area contributed by atoms with Gasteiger partial charge < -0.3 is 9.84 Å². The molecule has 0 aromatic heterocycles. The molecular formula is C16H17ClO2. The summed E-state index contributed by atoms with van der Waals surface area (Å²) < 4.78 is 5.29. The van der Waals surface area contributed by atoms with E-state index >= 15 is 0 Å². The smallest absolute Gasteiger partial charge is 0.126 e. The maximum Gasteiger partial charge on any atom is 0.126 e. The lowest BCUT2D eigenvalue weighted by Crippen LogP contribution is -2.05. The van der Waals surface area contributed by atoms with Crippen molar-refractivity contribution in [3.63, 3.8) is 0 Å². The predicted molar refractivity (Wildman–Crippen MR) is 78.0 cm³/mol. The number of ether oxygens (including phenoxy) is 1. The molecule has 0 heterocycles. The van der Waals surface area contributed by atoms with Crippen LogP contribution in [0.15, 0.2) is 36.4 Å². The highest BCUT2D eigenvalue weighted by Gasteiger charge is 2.18. The highest BCUT2D eigenvalue weighted by molar-refractivity contribution is 6.30.